The van der Waals surface area contributed by atoms with Gasteiger partial charge in [-0.3, -0.25) is 0 Å². The number of esters is 1. The van der Waals surface area contributed by atoms with Crippen LogP contribution in [-0.2, 0) is 4.74 Å². The van der Waals surface area contributed by atoms with E-state index < -0.39 is 5.97 Å². The minimum absolute atomic E-state index is 0.187. The number of hydrogen-bond donors (Lipinski definition) is 0. The van der Waals surface area contributed by atoms with Crippen LogP contribution in [0, 0.1) is 0 Å². The fourth-order valence-electron chi connectivity index (χ4n) is 2.80. The van der Waals surface area contributed by atoms with E-state index in [1.54, 1.807) is 6.92 Å². The second-order valence-corrected chi connectivity index (χ2v) is 6.07. The highest BCUT2D eigenvalue weighted by molar-refractivity contribution is 6.30. The Morgan fingerprint density at radius 3 is 2.58 bits per heavy atom. The summed E-state index contributed by atoms with van der Waals surface area (Å²) in [6, 6.07) is 17.1. The number of benzene rings is 1. The van der Waals surface area contributed by atoms with Crippen molar-refractivity contribution in [1.29, 1.82) is 0 Å². The fraction of sp³-hybridized carbons (Fsp3) is 0.100. The van der Waals surface area contributed by atoms with Gasteiger partial charge in [-0.2, -0.15) is 0 Å². The van der Waals surface area contributed by atoms with Crippen molar-refractivity contribution in [1.82, 2.24) is 15.0 Å². The summed E-state index contributed by atoms with van der Waals surface area (Å²) in [6.45, 7) is 2.04. The van der Waals surface area contributed by atoms with Crippen LogP contribution in [0.3, 0.4) is 0 Å². The van der Waals surface area contributed by atoms with Crippen LogP contribution >= 0.6 is 11.6 Å². The summed E-state index contributed by atoms with van der Waals surface area (Å²) < 4.78 is 5.11. The summed E-state index contributed by atoms with van der Waals surface area (Å²) in [6.07, 6.45) is 0. The molecule has 0 saturated carbocycles. The number of aromatic nitrogens is 3. The summed E-state index contributed by atoms with van der Waals surface area (Å²) >= 11 is 6.07. The molecule has 0 bridgehead atoms. The van der Waals surface area contributed by atoms with E-state index in [-0.39, 0.29) is 11.8 Å². The number of pyridine rings is 3. The van der Waals surface area contributed by atoms with Crippen LogP contribution in [0.15, 0.2) is 54.6 Å². The molecule has 0 amide bonds. The van der Waals surface area contributed by atoms with E-state index in [1.807, 2.05) is 48.5 Å². The van der Waals surface area contributed by atoms with E-state index in [0.717, 1.165) is 16.6 Å². The average molecular weight is 364 g/mol. The number of nitrogens with zero attached hydrogens (tertiary/aromatic N) is 3. The molecule has 0 fully saturated rings. The maximum atomic E-state index is 12.2. The van der Waals surface area contributed by atoms with Gasteiger partial charge in [-0.25, -0.2) is 19.7 Å². The van der Waals surface area contributed by atoms with Crippen LogP contribution < -0.4 is 0 Å². The van der Waals surface area contributed by atoms with E-state index in [4.69, 9.17) is 16.3 Å². The van der Waals surface area contributed by atoms with E-state index in [2.05, 4.69) is 15.0 Å². The third-order valence-corrected chi connectivity index (χ3v) is 4.18. The van der Waals surface area contributed by atoms with Crippen molar-refractivity contribution in [3.63, 3.8) is 0 Å². The molecular formula is C20H14ClN3O2. The van der Waals surface area contributed by atoms with Crippen molar-refractivity contribution >= 4 is 39.6 Å². The Hall–Kier alpha value is -3.05. The molecule has 1 aromatic carbocycles. The Balaban J connectivity index is 1.92. The standard InChI is InChI=1S/C20H14ClN3O2/c1-2-26-20(25)15-11-17(21)23-19-14(15)10-13-8-9-16(22-18(13)24-19)12-6-4-3-5-7-12/h3-11H,2H2,1H3. The lowest BCUT2D eigenvalue weighted by molar-refractivity contribution is 0.0528. The van der Waals surface area contributed by atoms with Crippen molar-refractivity contribution < 1.29 is 9.53 Å². The number of ether oxygens (including phenoxy) is 1. The van der Waals surface area contributed by atoms with Crippen molar-refractivity contribution in [2.45, 2.75) is 6.92 Å². The second-order valence-electron chi connectivity index (χ2n) is 5.68. The van der Waals surface area contributed by atoms with Crippen LogP contribution in [0.25, 0.3) is 33.3 Å². The van der Waals surface area contributed by atoms with Gasteiger partial charge in [-0.05, 0) is 31.2 Å². The zero-order valence-corrected chi connectivity index (χ0v) is 14.7. The molecule has 128 valence electrons. The Morgan fingerprint density at radius 1 is 1.00 bits per heavy atom. The van der Waals surface area contributed by atoms with E-state index >= 15 is 0 Å². The van der Waals surface area contributed by atoms with Gasteiger partial charge in [-0.1, -0.05) is 41.9 Å². The molecule has 0 aliphatic carbocycles. The molecule has 6 heteroatoms. The summed E-state index contributed by atoms with van der Waals surface area (Å²) in [5, 5.41) is 1.59. The SMILES string of the molecule is CCOC(=O)c1cc(Cl)nc2nc3nc(-c4ccccc4)ccc3cc12. The molecule has 0 aliphatic heterocycles. The van der Waals surface area contributed by atoms with Crippen LogP contribution in [0.2, 0.25) is 5.15 Å². The predicted octanol–water partition coefficient (Wildman–Crippen LogP) is 4.68. The molecule has 5 nitrogen and oxygen atoms in total. The van der Waals surface area contributed by atoms with E-state index in [1.165, 1.54) is 6.07 Å². The molecule has 0 unspecified atom stereocenters. The van der Waals surface area contributed by atoms with Crippen LogP contribution in [0.1, 0.15) is 17.3 Å². The Labute approximate surface area is 154 Å². The lowest BCUT2D eigenvalue weighted by atomic mass is 10.1. The highest BCUT2D eigenvalue weighted by atomic mass is 35.5. The number of carbonyl (C=O) groups excluding carboxylic acids is 1. The van der Waals surface area contributed by atoms with Crippen molar-refractivity contribution in [2.75, 3.05) is 6.61 Å². The molecule has 0 spiro atoms. The Bertz CT molecular complexity index is 1130. The number of hydrogen-bond acceptors (Lipinski definition) is 5. The van der Waals surface area contributed by atoms with Gasteiger partial charge in [0.25, 0.3) is 0 Å². The topological polar surface area (TPSA) is 65.0 Å². The number of rotatable bonds is 3. The number of carbonyl (C=O) groups is 1. The van der Waals surface area contributed by atoms with Gasteiger partial charge in [-0.15, -0.1) is 0 Å². The highest BCUT2D eigenvalue weighted by Crippen LogP contribution is 2.26. The zero-order valence-electron chi connectivity index (χ0n) is 13.9. The predicted molar refractivity (Wildman–Crippen MR) is 101 cm³/mol. The van der Waals surface area contributed by atoms with Crippen LogP contribution in [-0.4, -0.2) is 27.5 Å². The number of fused-ring (bicyclic) bond motifs is 2. The molecule has 4 aromatic rings. The molecule has 0 atom stereocenters. The highest BCUT2D eigenvalue weighted by Gasteiger charge is 2.16. The van der Waals surface area contributed by atoms with Gasteiger partial charge in [0.1, 0.15) is 5.15 Å². The van der Waals surface area contributed by atoms with E-state index in [0.29, 0.717) is 22.2 Å². The fourth-order valence-corrected chi connectivity index (χ4v) is 2.99. The van der Waals surface area contributed by atoms with Gasteiger partial charge in [0, 0.05) is 16.3 Å². The van der Waals surface area contributed by atoms with Gasteiger partial charge in [0.2, 0.25) is 0 Å². The lowest BCUT2D eigenvalue weighted by Crippen LogP contribution is -2.06. The Morgan fingerprint density at radius 2 is 1.81 bits per heavy atom. The quantitative estimate of drug-likeness (QED) is 0.300. The minimum Gasteiger partial charge on any atom is -0.462 e. The Kier molecular flexibility index (Phi) is 4.22. The molecular weight excluding hydrogens is 350 g/mol. The third kappa shape index (κ3) is 2.97. The average Bonchev–Trinajstić information content (AvgIpc) is 2.66. The van der Waals surface area contributed by atoms with Gasteiger partial charge >= 0.3 is 5.97 Å². The molecule has 3 aromatic heterocycles. The monoisotopic (exact) mass is 363 g/mol. The smallest absolute Gasteiger partial charge is 0.338 e. The summed E-state index contributed by atoms with van der Waals surface area (Å²) in [5.74, 6) is -0.447. The molecule has 0 aliphatic rings. The summed E-state index contributed by atoms with van der Waals surface area (Å²) in [7, 11) is 0. The van der Waals surface area contributed by atoms with Gasteiger partial charge in [0.15, 0.2) is 11.3 Å². The molecule has 0 radical (unpaired) electrons. The zero-order chi connectivity index (χ0) is 18.1. The van der Waals surface area contributed by atoms with Gasteiger partial charge in [0.05, 0.1) is 17.9 Å². The van der Waals surface area contributed by atoms with Crippen molar-refractivity contribution in [3.05, 3.63) is 65.3 Å². The molecule has 0 N–H and O–H groups in total. The van der Waals surface area contributed by atoms with E-state index in [9.17, 15) is 4.79 Å². The molecule has 3 heterocycles. The van der Waals surface area contributed by atoms with Gasteiger partial charge < -0.3 is 4.74 Å². The number of halogens is 1. The third-order valence-electron chi connectivity index (χ3n) is 3.99. The molecule has 0 saturated heterocycles. The van der Waals surface area contributed by atoms with Crippen LogP contribution in [0.4, 0.5) is 0 Å². The minimum atomic E-state index is -0.447. The largest absolute Gasteiger partial charge is 0.462 e. The first kappa shape index (κ1) is 16.4. The summed E-state index contributed by atoms with van der Waals surface area (Å²) in [5.41, 5.74) is 3.08. The van der Waals surface area contributed by atoms with Crippen LogP contribution in [0.5, 0.6) is 0 Å². The second kappa shape index (κ2) is 6.69. The first-order valence-electron chi connectivity index (χ1n) is 8.16. The first-order chi connectivity index (χ1) is 12.7. The molecule has 26 heavy (non-hydrogen) atoms. The maximum absolute atomic E-state index is 12.2. The summed E-state index contributed by atoms with van der Waals surface area (Å²) in [4.78, 5) is 25.6. The maximum Gasteiger partial charge on any atom is 0.338 e. The first-order valence-corrected chi connectivity index (χ1v) is 8.54. The molecule has 4 rings (SSSR count). The lowest BCUT2D eigenvalue weighted by Gasteiger charge is -2.08. The normalized spacial score (nSPS) is 11.0. The van der Waals surface area contributed by atoms with Crippen molar-refractivity contribution in [3.8, 4) is 11.3 Å². The van der Waals surface area contributed by atoms with Crippen molar-refractivity contribution in [2.24, 2.45) is 0 Å².